The minimum absolute atomic E-state index is 0. The highest BCUT2D eigenvalue weighted by Crippen LogP contribution is 2.27. The van der Waals surface area contributed by atoms with Gasteiger partial charge >= 0.3 is 0 Å². The van der Waals surface area contributed by atoms with Crippen molar-refractivity contribution in [3.8, 4) is 0 Å². The van der Waals surface area contributed by atoms with Gasteiger partial charge < -0.3 is 15.5 Å². The number of nitrogens with one attached hydrogen (secondary N) is 2. The molecule has 1 aromatic carbocycles. The molecule has 0 radical (unpaired) electrons. The average molecular weight is 403 g/mol. The molecule has 0 aromatic heterocycles. The van der Waals surface area contributed by atoms with E-state index < -0.39 is 5.92 Å². The summed E-state index contributed by atoms with van der Waals surface area (Å²) in [6.45, 7) is 2.45. The van der Waals surface area contributed by atoms with Crippen molar-refractivity contribution in [3.63, 3.8) is 0 Å². The first-order valence-corrected chi connectivity index (χ1v) is 8.52. The molecule has 2 aliphatic rings. The minimum atomic E-state index is -0.547. The largest absolute Gasteiger partial charge is 0.353 e. The summed E-state index contributed by atoms with van der Waals surface area (Å²) in [5.41, 5.74) is 0.844. The third-order valence-corrected chi connectivity index (χ3v) is 4.82. The summed E-state index contributed by atoms with van der Waals surface area (Å²) < 4.78 is 0.931. The van der Waals surface area contributed by atoms with Crippen LogP contribution in [0.1, 0.15) is 19.3 Å². The van der Waals surface area contributed by atoms with Gasteiger partial charge in [0.25, 0.3) is 0 Å². The van der Waals surface area contributed by atoms with Crippen molar-refractivity contribution in [2.75, 3.05) is 24.5 Å². The van der Waals surface area contributed by atoms with Crippen molar-refractivity contribution in [2.24, 2.45) is 5.92 Å². The number of benzene rings is 1. The van der Waals surface area contributed by atoms with Crippen LogP contribution in [0.5, 0.6) is 0 Å². The van der Waals surface area contributed by atoms with Crippen LogP contribution >= 0.6 is 28.3 Å². The molecule has 2 fully saturated rings. The number of carbonyl (C=O) groups excluding carboxylic acids is 2. The highest BCUT2D eigenvalue weighted by Gasteiger charge is 2.38. The van der Waals surface area contributed by atoms with Crippen molar-refractivity contribution in [1.29, 1.82) is 0 Å². The van der Waals surface area contributed by atoms with Crippen LogP contribution in [0.15, 0.2) is 28.7 Å². The summed E-state index contributed by atoms with van der Waals surface area (Å²) in [6, 6.07) is 7.82. The molecule has 0 spiro atoms. The van der Waals surface area contributed by atoms with Gasteiger partial charge in [-0.15, -0.1) is 12.4 Å². The highest BCUT2D eigenvalue weighted by atomic mass is 79.9. The molecule has 126 valence electrons. The minimum Gasteiger partial charge on any atom is -0.353 e. The number of halogens is 2. The van der Waals surface area contributed by atoms with Gasteiger partial charge in [0, 0.05) is 22.7 Å². The van der Waals surface area contributed by atoms with Crippen LogP contribution in [0.4, 0.5) is 5.69 Å². The molecular formula is C16H21BrClN3O2. The SMILES string of the molecule is Cl.O=C(NC1CCNCC1)C1CCN(c2cccc(Br)c2)C1=O. The second-order valence-corrected chi connectivity index (χ2v) is 6.76. The molecular weight excluding hydrogens is 382 g/mol. The van der Waals surface area contributed by atoms with E-state index in [9.17, 15) is 9.59 Å². The van der Waals surface area contributed by atoms with E-state index in [-0.39, 0.29) is 30.3 Å². The fraction of sp³-hybridized carbons (Fsp3) is 0.500. The van der Waals surface area contributed by atoms with Crippen molar-refractivity contribution >= 4 is 45.8 Å². The lowest BCUT2D eigenvalue weighted by Gasteiger charge is -2.25. The first-order valence-electron chi connectivity index (χ1n) is 7.73. The number of anilines is 1. The Balaban J connectivity index is 0.00000192. The Bertz CT molecular complexity index is 578. The summed E-state index contributed by atoms with van der Waals surface area (Å²) in [6.07, 6.45) is 2.45. The molecule has 1 atom stereocenters. The van der Waals surface area contributed by atoms with Gasteiger partial charge in [-0.05, 0) is 50.6 Å². The Kier molecular flexibility index (Phi) is 6.44. The number of rotatable bonds is 3. The second-order valence-electron chi connectivity index (χ2n) is 5.84. The van der Waals surface area contributed by atoms with E-state index in [1.165, 1.54) is 0 Å². The van der Waals surface area contributed by atoms with Crippen molar-refractivity contribution in [3.05, 3.63) is 28.7 Å². The normalized spacial score (nSPS) is 21.9. The van der Waals surface area contributed by atoms with Crippen molar-refractivity contribution in [1.82, 2.24) is 10.6 Å². The molecule has 3 rings (SSSR count). The molecule has 2 N–H and O–H groups in total. The van der Waals surface area contributed by atoms with E-state index in [0.717, 1.165) is 36.1 Å². The number of hydrogen-bond acceptors (Lipinski definition) is 3. The molecule has 2 aliphatic heterocycles. The first-order chi connectivity index (χ1) is 10.6. The maximum absolute atomic E-state index is 12.5. The van der Waals surface area contributed by atoms with Crippen LogP contribution in [0.2, 0.25) is 0 Å². The molecule has 1 aromatic rings. The molecule has 1 unspecified atom stereocenters. The van der Waals surface area contributed by atoms with E-state index >= 15 is 0 Å². The molecule has 2 heterocycles. The van der Waals surface area contributed by atoms with Crippen LogP contribution in [0, 0.1) is 5.92 Å². The number of hydrogen-bond donors (Lipinski definition) is 2. The Morgan fingerprint density at radius 2 is 2.00 bits per heavy atom. The summed E-state index contributed by atoms with van der Waals surface area (Å²) in [5, 5.41) is 6.31. The number of carbonyl (C=O) groups is 2. The van der Waals surface area contributed by atoms with E-state index in [4.69, 9.17) is 0 Å². The molecule has 0 aliphatic carbocycles. The van der Waals surface area contributed by atoms with Gasteiger partial charge in [-0.25, -0.2) is 0 Å². The van der Waals surface area contributed by atoms with Crippen LogP contribution in [-0.2, 0) is 9.59 Å². The van der Waals surface area contributed by atoms with Crippen LogP contribution in [-0.4, -0.2) is 37.5 Å². The third-order valence-electron chi connectivity index (χ3n) is 4.33. The number of piperidine rings is 1. The molecule has 7 heteroatoms. The summed E-state index contributed by atoms with van der Waals surface area (Å²) in [4.78, 5) is 26.6. The summed E-state index contributed by atoms with van der Waals surface area (Å²) in [5.74, 6) is -0.757. The zero-order chi connectivity index (χ0) is 15.5. The molecule has 0 bridgehead atoms. The van der Waals surface area contributed by atoms with E-state index in [1.807, 2.05) is 24.3 Å². The fourth-order valence-corrected chi connectivity index (χ4v) is 3.48. The number of amides is 2. The smallest absolute Gasteiger partial charge is 0.239 e. The standard InChI is InChI=1S/C16H20BrN3O2.ClH/c17-11-2-1-3-13(10-11)20-9-6-14(16(20)22)15(21)19-12-4-7-18-8-5-12;/h1-3,10,12,14,18H,4-9H2,(H,19,21);1H. The lowest BCUT2D eigenvalue weighted by atomic mass is 10.0. The zero-order valence-electron chi connectivity index (χ0n) is 12.8. The van der Waals surface area contributed by atoms with Crippen LogP contribution < -0.4 is 15.5 Å². The highest BCUT2D eigenvalue weighted by molar-refractivity contribution is 9.10. The molecule has 0 saturated carbocycles. The van der Waals surface area contributed by atoms with Gasteiger partial charge in [0.15, 0.2) is 0 Å². The Labute approximate surface area is 150 Å². The van der Waals surface area contributed by atoms with E-state index in [2.05, 4.69) is 26.6 Å². The van der Waals surface area contributed by atoms with Crippen molar-refractivity contribution < 1.29 is 9.59 Å². The predicted octanol–water partition coefficient (Wildman–Crippen LogP) is 2.09. The maximum atomic E-state index is 12.5. The van der Waals surface area contributed by atoms with Crippen molar-refractivity contribution in [2.45, 2.75) is 25.3 Å². The van der Waals surface area contributed by atoms with E-state index in [1.54, 1.807) is 4.90 Å². The van der Waals surface area contributed by atoms with Gasteiger partial charge in [-0.3, -0.25) is 9.59 Å². The van der Waals surface area contributed by atoms with E-state index in [0.29, 0.717) is 13.0 Å². The average Bonchev–Trinajstić information content (AvgIpc) is 2.90. The molecule has 2 saturated heterocycles. The molecule has 5 nitrogen and oxygen atoms in total. The summed E-state index contributed by atoms with van der Waals surface area (Å²) in [7, 11) is 0. The topological polar surface area (TPSA) is 61.4 Å². The summed E-state index contributed by atoms with van der Waals surface area (Å²) >= 11 is 3.42. The quantitative estimate of drug-likeness (QED) is 0.761. The lowest BCUT2D eigenvalue weighted by molar-refractivity contribution is -0.132. The molecule has 23 heavy (non-hydrogen) atoms. The third kappa shape index (κ3) is 4.25. The maximum Gasteiger partial charge on any atom is 0.239 e. The Morgan fingerprint density at radius 3 is 2.70 bits per heavy atom. The van der Waals surface area contributed by atoms with Crippen LogP contribution in [0.25, 0.3) is 0 Å². The van der Waals surface area contributed by atoms with Gasteiger partial charge in [0.1, 0.15) is 5.92 Å². The van der Waals surface area contributed by atoms with Gasteiger partial charge in [0.05, 0.1) is 0 Å². The fourth-order valence-electron chi connectivity index (χ4n) is 3.09. The van der Waals surface area contributed by atoms with Gasteiger partial charge in [-0.2, -0.15) is 0 Å². The predicted molar refractivity (Wildman–Crippen MR) is 95.9 cm³/mol. The first kappa shape index (κ1) is 18.2. The second kappa shape index (κ2) is 8.13. The molecule has 2 amide bonds. The van der Waals surface area contributed by atoms with Gasteiger partial charge in [-0.1, -0.05) is 22.0 Å². The lowest BCUT2D eigenvalue weighted by Crippen LogP contribution is -2.46. The van der Waals surface area contributed by atoms with Gasteiger partial charge in [0.2, 0.25) is 11.8 Å². The monoisotopic (exact) mass is 401 g/mol. The van der Waals surface area contributed by atoms with Crippen LogP contribution in [0.3, 0.4) is 0 Å². The Hall–Kier alpha value is -1.11. The Morgan fingerprint density at radius 1 is 1.26 bits per heavy atom. The number of nitrogens with zero attached hydrogens (tertiary/aromatic N) is 1. The zero-order valence-corrected chi connectivity index (χ0v) is 15.2.